The van der Waals surface area contributed by atoms with E-state index in [4.69, 9.17) is 0 Å². The van der Waals surface area contributed by atoms with Crippen molar-refractivity contribution in [1.82, 2.24) is 4.98 Å². The first-order chi connectivity index (χ1) is 12.0. The van der Waals surface area contributed by atoms with Gasteiger partial charge in [0.05, 0.1) is 17.7 Å². The van der Waals surface area contributed by atoms with Crippen molar-refractivity contribution in [2.75, 3.05) is 13.4 Å². The Labute approximate surface area is 157 Å². The molecule has 0 fully saturated rings. The summed E-state index contributed by atoms with van der Waals surface area (Å²) in [5.74, 6) is 0. The number of aryl methyl sites for hydroxylation is 1. The fourth-order valence-electron chi connectivity index (χ4n) is 1.89. The molecule has 0 atom stereocenters. The molecule has 0 saturated heterocycles. The lowest BCUT2D eigenvalue weighted by molar-refractivity contribution is 0.398. The molecule has 132 valence electrons. The summed E-state index contributed by atoms with van der Waals surface area (Å²) < 4.78 is 27.6. The number of rotatable bonds is 4. The molecule has 0 bridgehead atoms. The van der Waals surface area contributed by atoms with Crippen LogP contribution in [-0.2, 0) is 14.3 Å². The van der Waals surface area contributed by atoms with E-state index in [1.54, 1.807) is 35.2 Å². The van der Waals surface area contributed by atoms with Crippen LogP contribution >= 0.6 is 23.1 Å². The second-order valence-electron chi connectivity index (χ2n) is 5.00. The van der Waals surface area contributed by atoms with Crippen molar-refractivity contribution >= 4 is 33.2 Å². The molecule has 7 heteroatoms. The van der Waals surface area contributed by atoms with Gasteiger partial charge >= 0.3 is 0 Å². The van der Waals surface area contributed by atoms with Crippen molar-refractivity contribution in [3.63, 3.8) is 0 Å². The van der Waals surface area contributed by atoms with Crippen LogP contribution in [0.25, 0.3) is 11.3 Å². The van der Waals surface area contributed by atoms with Gasteiger partial charge in [0.1, 0.15) is 4.34 Å². The second-order valence-corrected chi connectivity index (χ2v) is 8.63. The molecule has 3 rings (SSSR count). The van der Waals surface area contributed by atoms with Crippen molar-refractivity contribution in [1.29, 1.82) is 0 Å². The predicted molar refractivity (Wildman–Crippen MR) is 105 cm³/mol. The van der Waals surface area contributed by atoms with Crippen LogP contribution < -0.4 is 0 Å². The van der Waals surface area contributed by atoms with Gasteiger partial charge in [-0.2, -0.15) is 8.42 Å². The highest BCUT2D eigenvalue weighted by Gasteiger charge is 2.11. The molecule has 0 aliphatic rings. The van der Waals surface area contributed by atoms with Gasteiger partial charge in [0.15, 0.2) is 0 Å². The third kappa shape index (κ3) is 5.67. The van der Waals surface area contributed by atoms with Gasteiger partial charge < -0.3 is 0 Å². The van der Waals surface area contributed by atoms with E-state index in [0.717, 1.165) is 22.7 Å². The molecule has 0 saturated carbocycles. The quantitative estimate of drug-likeness (QED) is 0.468. The zero-order valence-electron chi connectivity index (χ0n) is 14.2. The molecule has 0 aliphatic carbocycles. The molecular weight excluding hydrogens is 374 g/mol. The summed E-state index contributed by atoms with van der Waals surface area (Å²) in [5, 5.41) is 2.10. The molecule has 0 amide bonds. The van der Waals surface area contributed by atoms with Crippen LogP contribution in [-0.4, -0.2) is 26.8 Å². The van der Waals surface area contributed by atoms with Gasteiger partial charge in [0.2, 0.25) is 0 Å². The summed E-state index contributed by atoms with van der Waals surface area (Å²) >= 11 is 3.39. The van der Waals surface area contributed by atoms with E-state index >= 15 is 0 Å². The summed E-state index contributed by atoms with van der Waals surface area (Å²) in [4.78, 5) is 4.67. The van der Waals surface area contributed by atoms with Crippen LogP contribution in [0.1, 0.15) is 5.56 Å². The van der Waals surface area contributed by atoms with Crippen LogP contribution in [0.4, 0.5) is 0 Å². The highest BCUT2D eigenvalue weighted by Crippen LogP contribution is 2.26. The fraction of sp³-hybridized carbons (Fsp3) is 0.167. The number of thiazole rings is 1. The lowest BCUT2D eigenvalue weighted by Gasteiger charge is -2.00. The first kappa shape index (κ1) is 19.7. The average molecular weight is 394 g/mol. The molecule has 0 unspecified atom stereocenters. The van der Waals surface area contributed by atoms with Gasteiger partial charge in [-0.15, -0.1) is 11.3 Å². The van der Waals surface area contributed by atoms with Gasteiger partial charge in [-0.25, -0.2) is 4.98 Å². The minimum absolute atomic E-state index is 0.190. The standard InChI is InChI=1S/C10H9NS2.C8H10O3S/c1-12-10-11-9(7-13-10)8-5-3-2-4-6-8;1-7-3-5-8(6-4-7)12(9,10)11-2/h2-7H,1H3;3-6H,1-2H3. The highest BCUT2D eigenvalue weighted by molar-refractivity contribution is 8.00. The van der Waals surface area contributed by atoms with Crippen molar-refractivity contribution in [2.45, 2.75) is 16.2 Å². The Morgan fingerprint density at radius 2 is 1.68 bits per heavy atom. The number of hydrogen-bond donors (Lipinski definition) is 0. The van der Waals surface area contributed by atoms with Crippen molar-refractivity contribution in [2.24, 2.45) is 0 Å². The lowest BCUT2D eigenvalue weighted by Crippen LogP contribution is -2.02. The smallest absolute Gasteiger partial charge is 0.270 e. The monoisotopic (exact) mass is 393 g/mol. The Kier molecular flexibility index (Phi) is 7.19. The number of benzene rings is 2. The van der Waals surface area contributed by atoms with Gasteiger partial charge in [-0.05, 0) is 25.3 Å². The van der Waals surface area contributed by atoms with Crippen LogP contribution in [0.5, 0.6) is 0 Å². The molecule has 1 aromatic heterocycles. The molecule has 0 radical (unpaired) electrons. The number of aromatic nitrogens is 1. The zero-order valence-corrected chi connectivity index (χ0v) is 16.6. The van der Waals surface area contributed by atoms with E-state index in [0.29, 0.717) is 0 Å². The Hall–Kier alpha value is -1.67. The minimum Gasteiger partial charge on any atom is -0.270 e. The molecule has 1 heterocycles. The Balaban J connectivity index is 0.000000181. The summed E-state index contributed by atoms with van der Waals surface area (Å²) in [5.41, 5.74) is 3.29. The van der Waals surface area contributed by atoms with Crippen LogP contribution in [0.3, 0.4) is 0 Å². The fourth-order valence-corrected chi connectivity index (χ4v) is 3.83. The maximum atomic E-state index is 11.1. The largest absolute Gasteiger partial charge is 0.296 e. The topological polar surface area (TPSA) is 56.3 Å². The van der Waals surface area contributed by atoms with E-state index in [2.05, 4.69) is 26.7 Å². The second kappa shape index (κ2) is 9.15. The Morgan fingerprint density at radius 1 is 1.04 bits per heavy atom. The molecule has 3 aromatic rings. The van der Waals surface area contributed by atoms with Crippen molar-refractivity contribution in [3.05, 3.63) is 65.5 Å². The summed E-state index contributed by atoms with van der Waals surface area (Å²) in [6.07, 6.45) is 2.05. The van der Waals surface area contributed by atoms with Gasteiger partial charge in [0.25, 0.3) is 10.1 Å². The number of nitrogens with zero attached hydrogens (tertiary/aromatic N) is 1. The van der Waals surface area contributed by atoms with Crippen LogP contribution in [0.2, 0.25) is 0 Å². The van der Waals surface area contributed by atoms with Crippen molar-refractivity contribution in [3.8, 4) is 11.3 Å². The van der Waals surface area contributed by atoms with E-state index in [-0.39, 0.29) is 4.90 Å². The number of thioether (sulfide) groups is 1. The van der Waals surface area contributed by atoms with Gasteiger partial charge in [-0.1, -0.05) is 59.8 Å². The molecule has 0 spiro atoms. The predicted octanol–water partition coefficient (Wildman–Crippen LogP) is 4.86. The summed E-state index contributed by atoms with van der Waals surface area (Å²) in [7, 11) is -2.37. The molecule has 25 heavy (non-hydrogen) atoms. The van der Waals surface area contributed by atoms with Crippen LogP contribution in [0.15, 0.2) is 69.2 Å². The summed E-state index contributed by atoms with van der Waals surface area (Å²) in [6, 6.07) is 16.8. The highest BCUT2D eigenvalue weighted by atomic mass is 32.2. The zero-order chi connectivity index (χ0) is 18.3. The maximum absolute atomic E-state index is 11.1. The van der Waals surface area contributed by atoms with E-state index in [9.17, 15) is 8.42 Å². The Bertz CT molecular complexity index is 889. The summed E-state index contributed by atoms with van der Waals surface area (Å²) in [6.45, 7) is 1.89. The molecule has 0 N–H and O–H groups in total. The number of hydrogen-bond acceptors (Lipinski definition) is 6. The van der Waals surface area contributed by atoms with Crippen molar-refractivity contribution < 1.29 is 12.6 Å². The van der Waals surface area contributed by atoms with Gasteiger partial charge in [0, 0.05) is 10.9 Å². The maximum Gasteiger partial charge on any atom is 0.296 e. The Morgan fingerprint density at radius 3 is 2.20 bits per heavy atom. The lowest BCUT2D eigenvalue weighted by atomic mass is 10.2. The van der Waals surface area contributed by atoms with Gasteiger partial charge in [-0.3, -0.25) is 4.18 Å². The van der Waals surface area contributed by atoms with E-state index < -0.39 is 10.1 Å². The third-order valence-corrected chi connectivity index (χ3v) is 6.41. The first-order valence-electron chi connectivity index (χ1n) is 7.38. The molecule has 4 nitrogen and oxygen atoms in total. The SMILES string of the molecule is COS(=O)(=O)c1ccc(C)cc1.CSc1nc(-c2ccccc2)cs1. The van der Waals surface area contributed by atoms with E-state index in [1.807, 2.05) is 31.4 Å². The van der Waals surface area contributed by atoms with Crippen LogP contribution in [0, 0.1) is 6.92 Å². The first-order valence-corrected chi connectivity index (χ1v) is 10.9. The van der Waals surface area contributed by atoms with E-state index in [1.165, 1.54) is 17.7 Å². The molecule has 2 aromatic carbocycles. The average Bonchev–Trinajstić information content (AvgIpc) is 3.13. The minimum atomic E-state index is -3.51. The molecule has 0 aliphatic heterocycles. The molecular formula is C18H19NO3S3. The third-order valence-electron chi connectivity index (χ3n) is 3.26. The normalized spacial score (nSPS) is 10.8.